The third-order valence-corrected chi connectivity index (χ3v) is 5.07. The van der Waals surface area contributed by atoms with Crippen LogP contribution in [0.4, 0.5) is 5.69 Å². The number of nitro groups is 1. The molecule has 144 valence electrons. The third-order valence-electron chi connectivity index (χ3n) is 4.14. The lowest BCUT2D eigenvalue weighted by Crippen LogP contribution is -2.45. The number of phenols is 1. The molecule has 3 rings (SSSR count). The molecule has 1 aromatic carbocycles. The fourth-order valence-electron chi connectivity index (χ4n) is 3.00. The number of nitrogens with one attached hydrogen (secondary N) is 1. The van der Waals surface area contributed by atoms with Crippen molar-refractivity contribution >= 4 is 41.8 Å². The van der Waals surface area contributed by atoms with Crippen LogP contribution in [0.15, 0.2) is 29.6 Å². The van der Waals surface area contributed by atoms with Gasteiger partial charge >= 0.3 is 0 Å². The van der Waals surface area contributed by atoms with E-state index in [1.54, 1.807) is 11.3 Å². The zero-order valence-corrected chi connectivity index (χ0v) is 16.5. The molecule has 26 heavy (non-hydrogen) atoms. The Hall–Kier alpha value is -1.58. The van der Waals surface area contributed by atoms with Gasteiger partial charge in [0.1, 0.15) is 0 Å². The van der Waals surface area contributed by atoms with Gasteiger partial charge in [-0.05, 0) is 11.4 Å². The van der Waals surface area contributed by atoms with Crippen molar-refractivity contribution in [2.24, 2.45) is 0 Å². The number of hydrogen-bond donors (Lipinski definition) is 2. The molecule has 7 nitrogen and oxygen atoms in total. The van der Waals surface area contributed by atoms with E-state index in [-0.39, 0.29) is 48.0 Å². The lowest BCUT2D eigenvalue weighted by Gasteiger charge is -2.35. The molecule has 0 bridgehead atoms. The highest BCUT2D eigenvalue weighted by Gasteiger charge is 2.30. The average Bonchev–Trinajstić information content (AvgIpc) is 3.11. The molecule has 1 aliphatic rings. The summed E-state index contributed by atoms with van der Waals surface area (Å²) >= 11 is 1.57. The Kier molecular flexibility index (Phi) is 8.58. The molecule has 1 atom stereocenters. The second kappa shape index (κ2) is 9.94. The van der Waals surface area contributed by atoms with Crippen molar-refractivity contribution < 1.29 is 14.8 Å². The van der Waals surface area contributed by atoms with Gasteiger partial charge in [-0.3, -0.25) is 15.0 Å². The average molecular weight is 422 g/mol. The summed E-state index contributed by atoms with van der Waals surface area (Å²) in [6.07, 6.45) is 0. The van der Waals surface area contributed by atoms with E-state index < -0.39 is 4.92 Å². The van der Waals surface area contributed by atoms with Gasteiger partial charge in [0.15, 0.2) is 11.5 Å². The van der Waals surface area contributed by atoms with Crippen LogP contribution in [0.2, 0.25) is 0 Å². The molecule has 1 aromatic heterocycles. The summed E-state index contributed by atoms with van der Waals surface area (Å²) in [6, 6.07) is 6.40. The number of rotatable bonds is 5. The van der Waals surface area contributed by atoms with Crippen LogP contribution in [-0.4, -0.2) is 48.2 Å². The number of hydrogen-bond acceptors (Lipinski definition) is 7. The van der Waals surface area contributed by atoms with Gasteiger partial charge in [-0.1, -0.05) is 6.07 Å². The number of thiophene rings is 1. The number of nitrogens with zero attached hydrogens (tertiary/aromatic N) is 2. The highest BCUT2D eigenvalue weighted by Crippen LogP contribution is 2.43. The number of halogens is 2. The molecule has 1 aliphatic heterocycles. The molecule has 10 heteroatoms. The monoisotopic (exact) mass is 421 g/mol. The largest absolute Gasteiger partial charge is 0.504 e. The van der Waals surface area contributed by atoms with Crippen LogP contribution >= 0.6 is 36.2 Å². The zero-order chi connectivity index (χ0) is 17.1. The molecule has 1 fully saturated rings. The lowest BCUT2D eigenvalue weighted by atomic mass is 10.00. The summed E-state index contributed by atoms with van der Waals surface area (Å²) in [6.45, 7) is 3.28. The highest BCUT2D eigenvalue weighted by molar-refractivity contribution is 7.10. The Morgan fingerprint density at radius 2 is 2.04 bits per heavy atom. The van der Waals surface area contributed by atoms with E-state index in [1.165, 1.54) is 19.2 Å². The van der Waals surface area contributed by atoms with E-state index in [1.807, 2.05) is 17.5 Å². The van der Waals surface area contributed by atoms with Crippen molar-refractivity contribution in [3.05, 3.63) is 50.2 Å². The van der Waals surface area contributed by atoms with Crippen molar-refractivity contribution in [1.82, 2.24) is 10.2 Å². The van der Waals surface area contributed by atoms with Crippen LogP contribution in [0, 0.1) is 10.1 Å². The smallest absolute Gasteiger partial charge is 0.273 e. The molecule has 0 saturated carbocycles. The minimum absolute atomic E-state index is 0. The van der Waals surface area contributed by atoms with Crippen molar-refractivity contribution in [1.29, 1.82) is 0 Å². The van der Waals surface area contributed by atoms with Gasteiger partial charge in [0.2, 0.25) is 0 Å². The lowest BCUT2D eigenvalue weighted by molar-refractivity contribution is -0.385. The maximum atomic E-state index is 11.3. The van der Waals surface area contributed by atoms with E-state index in [4.69, 9.17) is 4.74 Å². The van der Waals surface area contributed by atoms with E-state index >= 15 is 0 Å². The maximum absolute atomic E-state index is 11.3. The summed E-state index contributed by atoms with van der Waals surface area (Å²) in [4.78, 5) is 14.1. The standard InChI is InChI=1S/C16H19N3O4S.2ClH/c1-23-13-10-11(19(21)22)9-12(16(13)20)15(14-3-2-8-24-14)18-6-4-17-5-7-18;;/h2-3,8-10,15,17,20H,4-7H2,1H3;2*1H/t15-;;/m1../s1. The third kappa shape index (κ3) is 4.57. The summed E-state index contributed by atoms with van der Waals surface area (Å²) < 4.78 is 5.15. The van der Waals surface area contributed by atoms with Crippen molar-refractivity contribution in [3.63, 3.8) is 0 Å². The number of ether oxygens (including phenoxy) is 1. The van der Waals surface area contributed by atoms with Crippen LogP contribution in [0.25, 0.3) is 0 Å². The first kappa shape index (κ1) is 22.5. The first-order chi connectivity index (χ1) is 11.6. The summed E-state index contributed by atoms with van der Waals surface area (Å²) in [5, 5.41) is 27.1. The second-order valence-corrected chi connectivity index (χ2v) is 6.53. The number of benzene rings is 1. The zero-order valence-electron chi connectivity index (χ0n) is 14.1. The topological polar surface area (TPSA) is 87.9 Å². The van der Waals surface area contributed by atoms with Gasteiger partial charge < -0.3 is 15.2 Å². The van der Waals surface area contributed by atoms with Crippen LogP contribution in [0.1, 0.15) is 16.5 Å². The quantitative estimate of drug-likeness (QED) is 0.569. The molecule has 2 N–H and O–H groups in total. The van der Waals surface area contributed by atoms with Crippen molar-refractivity contribution in [2.75, 3.05) is 33.3 Å². The van der Waals surface area contributed by atoms with E-state index in [2.05, 4.69) is 10.2 Å². The fraction of sp³-hybridized carbons (Fsp3) is 0.375. The molecule has 0 amide bonds. The Balaban J connectivity index is 0.00000169. The van der Waals surface area contributed by atoms with Gasteiger partial charge in [-0.15, -0.1) is 36.2 Å². The first-order valence-corrected chi connectivity index (χ1v) is 8.53. The maximum Gasteiger partial charge on any atom is 0.273 e. The molecule has 1 saturated heterocycles. The van der Waals surface area contributed by atoms with Crippen molar-refractivity contribution in [2.45, 2.75) is 6.04 Å². The molecular formula is C16H21Cl2N3O4S. The van der Waals surface area contributed by atoms with Crippen LogP contribution in [0.3, 0.4) is 0 Å². The Morgan fingerprint density at radius 3 is 2.58 bits per heavy atom. The number of phenolic OH excluding ortho intramolecular Hbond substituents is 1. The van der Waals surface area contributed by atoms with Crippen LogP contribution in [-0.2, 0) is 0 Å². The first-order valence-electron chi connectivity index (χ1n) is 7.65. The van der Waals surface area contributed by atoms with Gasteiger partial charge in [-0.25, -0.2) is 0 Å². The van der Waals surface area contributed by atoms with Gasteiger partial charge in [0.25, 0.3) is 5.69 Å². The second-order valence-electron chi connectivity index (χ2n) is 5.55. The van der Waals surface area contributed by atoms with Crippen LogP contribution in [0.5, 0.6) is 11.5 Å². The minimum Gasteiger partial charge on any atom is -0.504 e. The van der Waals surface area contributed by atoms with Gasteiger partial charge in [0.05, 0.1) is 24.1 Å². The molecular weight excluding hydrogens is 401 g/mol. The number of methoxy groups -OCH3 is 1. The number of piperazine rings is 1. The molecule has 2 aromatic rings. The molecule has 0 aliphatic carbocycles. The SMILES string of the molecule is COc1cc([N+](=O)[O-])cc([C@H](c2cccs2)N2CCNCC2)c1O.Cl.Cl. The molecule has 0 radical (unpaired) electrons. The van der Waals surface area contributed by atoms with E-state index in [9.17, 15) is 15.2 Å². The highest BCUT2D eigenvalue weighted by atomic mass is 35.5. The minimum atomic E-state index is -0.464. The van der Waals surface area contributed by atoms with Gasteiger partial charge in [-0.2, -0.15) is 0 Å². The Labute approximate surface area is 167 Å². The van der Waals surface area contributed by atoms with Crippen LogP contribution < -0.4 is 10.1 Å². The summed E-state index contributed by atoms with van der Waals surface area (Å²) in [5.74, 6) is 0.0796. The van der Waals surface area contributed by atoms with Gasteiger partial charge in [0, 0.05) is 42.7 Å². The molecule has 0 unspecified atom stereocenters. The van der Waals surface area contributed by atoms with E-state index in [0.29, 0.717) is 5.56 Å². The number of aromatic hydroxyl groups is 1. The number of nitro benzene ring substituents is 1. The van der Waals surface area contributed by atoms with E-state index in [0.717, 1.165) is 31.1 Å². The molecule has 0 spiro atoms. The van der Waals surface area contributed by atoms with Crippen molar-refractivity contribution in [3.8, 4) is 11.5 Å². The summed E-state index contributed by atoms with van der Waals surface area (Å²) in [7, 11) is 1.40. The Bertz CT molecular complexity index is 725. The fourth-order valence-corrected chi connectivity index (χ4v) is 3.88. The predicted octanol–water partition coefficient (Wildman–Crippen LogP) is 3.21. The Morgan fingerprint density at radius 1 is 1.35 bits per heavy atom. The number of non-ortho nitro benzene ring substituents is 1. The summed E-state index contributed by atoms with van der Waals surface area (Å²) in [5.41, 5.74) is 0.418. The predicted molar refractivity (Wildman–Crippen MR) is 106 cm³/mol. The molecule has 2 heterocycles. The normalized spacial score (nSPS) is 15.4.